The third kappa shape index (κ3) is 6.52. The average Bonchev–Trinajstić information content (AvgIpc) is 3.40. The van der Waals surface area contributed by atoms with Crippen molar-refractivity contribution in [1.29, 1.82) is 0 Å². The Hall–Kier alpha value is -3.61. The van der Waals surface area contributed by atoms with Gasteiger partial charge in [-0.25, -0.2) is 0 Å². The third-order valence-corrected chi connectivity index (χ3v) is 7.57. The van der Waals surface area contributed by atoms with E-state index in [0.29, 0.717) is 5.92 Å². The average molecular weight is 521 g/mol. The van der Waals surface area contributed by atoms with Crippen molar-refractivity contribution in [2.24, 2.45) is 5.92 Å². The summed E-state index contributed by atoms with van der Waals surface area (Å²) in [7, 11) is 0. The van der Waals surface area contributed by atoms with Crippen molar-refractivity contribution >= 4 is 6.08 Å². The summed E-state index contributed by atoms with van der Waals surface area (Å²) in [5, 5.41) is 13.3. The fourth-order valence-electron chi connectivity index (χ4n) is 5.60. The van der Waals surface area contributed by atoms with Crippen LogP contribution in [0.5, 0.6) is 0 Å². The van der Waals surface area contributed by atoms with Crippen LogP contribution >= 0.6 is 0 Å². The fraction of sp³-hybridized carbons (Fsp3) is 0.364. The Balaban J connectivity index is 1.40. The Kier molecular flexibility index (Phi) is 8.64. The zero-order valence-electron chi connectivity index (χ0n) is 23.7. The third-order valence-electron chi connectivity index (χ3n) is 7.57. The number of aryl methyl sites for hydroxylation is 2. The number of hydrogen-bond acceptors (Lipinski definition) is 5. The summed E-state index contributed by atoms with van der Waals surface area (Å²) in [6.45, 7) is 13.7. The number of hydrogen-bond donors (Lipinski definition) is 0. The highest BCUT2D eigenvalue weighted by Gasteiger charge is 2.31. The first-order valence-electron chi connectivity index (χ1n) is 14.1. The fourth-order valence-corrected chi connectivity index (χ4v) is 5.60. The molecule has 0 unspecified atom stereocenters. The van der Waals surface area contributed by atoms with E-state index >= 15 is 0 Å². The van der Waals surface area contributed by atoms with Crippen LogP contribution < -0.4 is 0 Å². The van der Waals surface area contributed by atoms with Crippen molar-refractivity contribution in [1.82, 2.24) is 30.0 Å². The second-order valence-corrected chi connectivity index (χ2v) is 11.1. The van der Waals surface area contributed by atoms with Crippen LogP contribution in [0.2, 0.25) is 0 Å². The molecule has 39 heavy (non-hydrogen) atoms. The van der Waals surface area contributed by atoms with Crippen LogP contribution in [0.4, 0.5) is 0 Å². The highest BCUT2D eigenvalue weighted by Crippen LogP contribution is 2.31. The van der Waals surface area contributed by atoms with Crippen LogP contribution in [0.15, 0.2) is 78.9 Å². The number of aromatic nitrogens is 4. The summed E-state index contributed by atoms with van der Waals surface area (Å²) in [6.07, 6.45) is 5.57. The molecule has 1 aliphatic rings. The molecule has 5 rings (SSSR count). The molecule has 1 aromatic heterocycles. The Morgan fingerprint density at radius 3 is 2.18 bits per heavy atom. The van der Waals surface area contributed by atoms with E-state index in [1.807, 2.05) is 4.68 Å². The smallest absolute Gasteiger partial charge is 0.178 e. The van der Waals surface area contributed by atoms with E-state index < -0.39 is 0 Å². The van der Waals surface area contributed by atoms with Gasteiger partial charge in [0, 0.05) is 32.7 Å². The Bertz CT molecular complexity index is 1340. The molecule has 6 nitrogen and oxygen atoms in total. The number of nitrogens with zero attached hydrogens (tertiary/aromatic N) is 6. The molecule has 6 heteroatoms. The molecular weight excluding hydrogens is 480 g/mol. The van der Waals surface area contributed by atoms with E-state index in [2.05, 4.69) is 138 Å². The lowest BCUT2D eigenvalue weighted by molar-refractivity contribution is 0.113. The van der Waals surface area contributed by atoms with Crippen molar-refractivity contribution in [3.63, 3.8) is 0 Å². The first-order chi connectivity index (χ1) is 19.0. The highest BCUT2D eigenvalue weighted by molar-refractivity contribution is 5.49. The van der Waals surface area contributed by atoms with Gasteiger partial charge in [-0.3, -0.25) is 9.80 Å². The van der Waals surface area contributed by atoms with Crippen LogP contribution in [0, 0.1) is 19.8 Å². The topological polar surface area (TPSA) is 50.1 Å². The van der Waals surface area contributed by atoms with Crippen molar-refractivity contribution in [2.75, 3.05) is 32.7 Å². The second-order valence-electron chi connectivity index (χ2n) is 11.1. The minimum absolute atomic E-state index is 0.0193. The predicted molar refractivity (Wildman–Crippen MR) is 159 cm³/mol. The molecular formula is C33H40N6. The first kappa shape index (κ1) is 27.0. The summed E-state index contributed by atoms with van der Waals surface area (Å²) >= 11 is 0. The summed E-state index contributed by atoms with van der Waals surface area (Å²) in [6, 6.07) is 26.0. The van der Waals surface area contributed by atoms with Crippen LogP contribution in [0.25, 0.3) is 11.8 Å². The van der Waals surface area contributed by atoms with Gasteiger partial charge in [0.05, 0.1) is 11.7 Å². The maximum atomic E-state index is 4.64. The molecule has 1 fully saturated rings. The van der Waals surface area contributed by atoms with Gasteiger partial charge in [-0.2, -0.15) is 4.68 Å². The molecule has 0 bridgehead atoms. The molecule has 0 aliphatic carbocycles. The standard InChI is InChI=1S/C33H40N6/c1-25(2)24-29-15-17-30(18-16-29)32(33-34-35-36-39(33)31-26(3)10-8-11-27(31)4)38-22-20-37(21-23-38)19-9-14-28-12-6-5-7-13-28/h5-18,25,32H,19-24H2,1-4H3/b14-9+/t32-/m1/s1. The van der Waals surface area contributed by atoms with E-state index in [4.69, 9.17) is 0 Å². The normalized spacial score (nSPS) is 15.8. The quantitative estimate of drug-likeness (QED) is 0.275. The van der Waals surface area contributed by atoms with E-state index in [1.54, 1.807) is 0 Å². The maximum absolute atomic E-state index is 4.64. The summed E-state index contributed by atoms with van der Waals surface area (Å²) in [5.74, 6) is 1.51. The van der Waals surface area contributed by atoms with E-state index in [1.165, 1.54) is 27.8 Å². The van der Waals surface area contributed by atoms with Crippen molar-refractivity contribution in [2.45, 2.75) is 40.2 Å². The van der Waals surface area contributed by atoms with Gasteiger partial charge < -0.3 is 0 Å². The molecule has 0 spiro atoms. The van der Waals surface area contributed by atoms with Crippen LogP contribution in [-0.2, 0) is 6.42 Å². The van der Waals surface area contributed by atoms with Gasteiger partial charge in [0.15, 0.2) is 5.82 Å². The molecule has 0 saturated carbocycles. The van der Waals surface area contributed by atoms with E-state index in [0.717, 1.165) is 50.7 Å². The summed E-state index contributed by atoms with van der Waals surface area (Å²) in [4.78, 5) is 5.07. The molecule has 4 aromatic rings. The molecule has 1 atom stereocenters. The molecule has 2 heterocycles. The molecule has 1 aliphatic heterocycles. The van der Waals surface area contributed by atoms with Crippen LogP contribution in [-0.4, -0.2) is 62.7 Å². The van der Waals surface area contributed by atoms with E-state index in [9.17, 15) is 0 Å². The van der Waals surface area contributed by atoms with Gasteiger partial charge in [0.1, 0.15) is 0 Å². The van der Waals surface area contributed by atoms with Gasteiger partial charge in [-0.1, -0.05) is 98.8 Å². The lowest BCUT2D eigenvalue weighted by Crippen LogP contribution is -2.48. The minimum atomic E-state index is -0.0193. The molecule has 0 N–H and O–H groups in total. The summed E-state index contributed by atoms with van der Waals surface area (Å²) < 4.78 is 1.96. The maximum Gasteiger partial charge on any atom is 0.178 e. The van der Waals surface area contributed by atoms with E-state index in [-0.39, 0.29) is 6.04 Å². The zero-order valence-corrected chi connectivity index (χ0v) is 23.7. The van der Waals surface area contributed by atoms with Crippen molar-refractivity contribution < 1.29 is 0 Å². The molecule has 1 saturated heterocycles. The van der Waals surface area contributed by atoms with Gasteiger partial charge in [0.25, 0.3) is 0 Å². The Morgan fingerprint density at radius 1 is 0.821 bits per heavy atom. The molecule has 0 radical (unpaired) electrons. The van der Waals surface area contributed by atoms with Crippen molar-refractivity contribution in [3.8, 4) is 5.69 Å². The van der Waals surface area contributed by atoms with Crippen LogP contribution in [0.1, 0.15) is 53.5 Å². The molecule has 3 aromatic carbocycles. The van der Waals surface area contributed by atoms with Crippen molar-refractivity contribution in [3.05, 3.63) is 113 Å². The van der Waals surface area contributed by atoms with Gasteiger partial charge in [-0.05, 0) is 64.4 Å². The lowest BCUT2D eigenvalue weighted by atomic mass is 9.97. The number of piperazine rings is 1. The lowest BCUT2D eigenvalue weighted by Gasteiger charge is -2.38. The second kappa shape index (κ2) is 12.5. The first-order valence-corrected chi connectivity index (χ1v) is 14.1. The van der Waals surface area contributed by atoms with Crippen LogP contribution in [0.3, 0.4) is 0 Å². The number of rotatable bonds is 9. The van der Waals surface area contributed by atoms with Gasteiger partial charge in [0.2, 0.25) is 0 Å². The SMILES string of the molecule is Cc1cccc(C)c1-n1nnnc1[C@@H](c1ccc(CC(C)C)cc1)N1CCN(C/C=C/c2ccccc2)CC1. The largest absolute Gasteiger partial charge is 0.297 e. The highest BCUT2D eigenvalue weighted by atomic mass is 15.6. The Morgan fingerprint density at radius 2 is 1.51 bits per heavy atom. The summed E-state index contributed by atoms with van der Waals surface area (Å²) in [5.41, 5.74) is 7.27. The van der Waals surface area contributed by atoms with Gasteiger partial charge in [-0.15, -0.1) is 5.10 Å². The number of benzene rings is 3. The zero-order chi connectivity index (χ0) is 27.2. The Labute approximate surface area is 233 Å². The van der Waals surface area contributed by atoms with Gasteiger partial charge >= 0.3 is 0 Å². The molecule has 0 amide bonds. The number of para-hydroxylation sites is 1. The molecule has 202 valence electrons. The predicted octanol–water partition coefficient (Wildman–Crippen LogP) is 5.90. The monoisotopic (exact) mass is 520 g/mol. The minimum Gasteiger partial charge on any atom is -0.297 e. The number of tetrazole rings is 1.